The summed E-state index contributed by atoms with van der Waals surface area (Å²) < 4.78 is 40.1. The Morgan fingerprint density at radius 1 is 1.35 bits per heavy atom. The molecule has 0 radical (unpaired) electrons. The van der Waals surface area contributed by atoms with Crippen LogP contribution in [0.5, 0.6) is 11.5 Å². The number of aliphatic hydroxyl groups is 1. The molecule has 0 fully saturated rings. The SMILES string of the molecule is Cc1noc(N(C(=O)c2sccc2S(N)(=O)=O)c2cc3c(cc2CCO)OCO3)c1Cl. The fourth-order valence-electron chi connectivity index (χ4n) is 3.08. The van der Waals surface area contributed by atoms with Crippen LogP contribution in [0.15, 0.2) is 33.0 Å². The zero-order valence-corrected chi connectivity index (χ0v) is 18.4. The van der Waals surface area contributed by atoms with Crippen LogP contribution in [0.1, 0.15) is 20.9 Å². The molecule has 31 heavy (non-hydrogen) atoms. The number of fused-ring (bicyclic) bond motifs is 1. The number of ether oxygens (including phenoxy) is 2. The molecule has 164 valence electrons. The number of hydrogen-bond acceptors (Lipinski definition) is 9. The molecule has 1 aliphatic heterocycles. The normalized spacial score (nSPS) is 12.9. The topological polar surface area (TPSA) is 145 Å². The highest BCUT2D eigenvalue weighted by atomic mass is 35.5. The number of carbonyl (C=O) groups excluding carboxylic acids is 1. The second-order valence-corrected chi connectivity index (χ2v) is 9.32. The van der Waals surface area contributed by atoms with Crippen molar-refractivity contribution in [2.45, 2.75) is 18.2 Å². The maximum absolute atomic E-state index is 13.6. The number of amides is 1. The van der Waals surface area contributed by atoms with Crippen molar-refractivity contribution >= 4 is 50.4 Å². The molecule has 0 saturated carbocycles. The standard InChI is InChI=1S/C18H16ClN3O7S2/c1-9-15(19)18(29-21-9)22(17(24)16-14(3-5-30-16)31(20,25)26)11-7-13-12(27-8-28-13)6-10(11)2-4-23/h3,5-7,23H,2,4,8H2,1H3,(H2,20,25,26). The Labute approximate surface area is 185 Å². The van der Waals surface area contributed by atoms with Gasteiger partial charge in [-0.3, -0.25) is 4.79 Å². The average molecular weight is 486 g/mol. The molecule has 1 aliphatic rings. The number of nitrogens with two attached hydrogens (primary N) is 1. The fraction of sp³-hybridized carbons (Fsp3) is 0.222. The van der Waals surface area contributed by atoms with Crippen LogP contribution in [0, 0.1) is 6.92 Å². The number of primary sulfonamides is 1. The lowest BCUT2D eigenvalue weighted by Crippen LogP contribution is -2.28. The van der Waals surface area contributed by atoms with Gasteiger partial charge in [-0.25, -0.2) is 18.5 Å². The van der Waals surface area contributed by atoms with E-state index in [1.165, 1.54) is 17.5 Å². The molecule has 0 atom stereocenters. The van der Waals surface area contributed by atoms with Crippen LogP contribution in [-0.2, 0) is 16.4 Å². The van der Waals surface area contributed by atoms with Gasteiger partial charge in [0.1, 0.15) is 20.5 Å². The summed E-state index contributed by atoms with van der Waals surface area (Å²) in [6, 6.07) is 4.40. The molecule has 0 bridgehead atoms. The van der Waals surface area contributed by atoms with Crippen molar-refractivity contribution in [2.75, 3.05) is 18.3 Å². The highest BCUT2D eigenvalue weighted by Gasteiger charge is 2.34. The van der Waals surface area contributed by atoms with E-state index in [1.54, 1.807) is 13.0 Å². The maximum Gasteiger partial charge on any atom is 0.276 e. The number of carbonyl (C=O) groups is 1. The first kappa shape index (κ1) is 21.6. The van der Waals surface area contributed by atoms with Gasteiger partial charge in [-0.1, -0.05) is 16.8 Å². The van der Waals surface area contributed by atoms with Gasteiger partial charge in [0.25, 0.3) is 11.8 Å². The van der Waals surface area contributed by atoms with Crippen molar-refractivity contribution in [1.82, 2.24) is 5.16 Å². The highest BCUT2D eigenvalue weighted by molar-refractivity contribution is 7.89. The Balaban J connectivity index is 1.95. The number of rotatable bonds is 6. The summed E-state index contributed by atoms with van der Waals surface area (Å²) in [5.74, 6) is -0.0633. The summed E-state index contributed by atoms with van der Waals surface area (Å²) >= 11 is 7.24. The van der Waals surface area contributed by atoms with E-state index in [-0.39, 0.29) is 46.2 Å². The monoisotopic (exact) mass is 485 g/mol. The van der Waals surface area contributed by atoms with Crippen molar-refractivity contribution in [3.8, 4) is 11.5 Å². The Bertz CT molecular complexity index is 1270. The summed E-state index contributed by atoms with van der Waals surface area (Å²) in [6.07, 6.45) is 0.160. The van der Waals surface area contributed by atoms with Crippen LogP contribution in [0.2, 0.25) is 5.02 Å². The van der Waals surface area contributed by atoms with Gasteiger partial charge in [0.2, 0.25) is 16.8 Å². The van der Waals surface area contributed by atoms with Gasteiger partial charge in [0, 0.05) is 12.7 Å². The van der Waals surface area contributed by atoms with E-state index in [9.17, 15) is 18.3 Å². The Kier molecular flexibility index (Phi) is 5.66. The number of aryl methyl sites for hydroxylation is 1. The molecule has 10 nitrogen and oxygen atoms in total. The minimum Gasteiger partial charge on any atom is -0.454 e. The molecular weight excluding hydrogens is 470 g/mol. The Hall–Kier alpha value is -2.64. The Morgan fingerprint density at radius 2 is 2.06 bits per heavy atom. The number of thiophene rings is 1. The van der Waals surface area contributed by atoms with Crippen molar-refractivity contribution < 1.29 is 32.3 Å². The minimum absolute atomic E-state index is 0.00599. The zero-order valence-electron chi connectivity index (χ0n) is 16.0. The van der Waals surface area contributed by atoms with Gasteiger partial charge in [-0.05, 0) is 36.4 Å². The molecule has 3 heterocycles. The van der Waals surface area contributed by atoms with Gasteiger partial charge < -0.3 is 19.1 Å². The predicted molar refractivity (Wildman–Crippen MR) is 112 cm³/mol. The van der Waals surface area contributed by atoms with E-state index >= 15 is 0 Å². The number of hydrogen-bond donors (Lipinski definition) is 2. The van der Waals surface area contributed by atoms with Crippen LogP contribution in [0.3, 0.4) is 0 Å². The second-order valence-electron chi connectivity index (χ2n) is 6.49. The number of aliphatic hydroxyl groups excluding tert-OH is 1. The average Bonchev–Trinajstić information content (AvgIpc) is 3.44. The fourth-order valence-corrected chi connectivity index (χ4v) is 5.13. The lowest BCUT2D eigenvalue weighted by atomic mass is 10.1. The van der Waals surface area contributed by atoms with E-state index in [4.69, 9.17) is 30.7 Å². The lowest BCUT2D eigenvalue weighted by molar-refractivity contribution is 0.0995. The number of aromatic nitrogens is 1. The van der Waals surface area contributed by atoms with E-state index in [1.807, 2.05) is 0 Å². The molecule has 2 aromatic heterocycles. The zero-order chi connectivity index (χ0) is 22.3. The van der Waals surface area contributed by atoms with Crippen molar-refractivity contribution in [1.29, 1.82) is 0 Å². The molecule has 4 rings (SSSR count). The van der Waals surface area contributed by atoms with Gasteiger partial charge in [-0.15, -0.1) is 11.3 Å². The van der Waals surface area contributed by atoms with E-state index in [0.29, 0.717) is 22.8 Å². The number of anilines is 2. The third-order valence-electron chi connectivity index (χ3n) is 4.51. The first-order valence-electron chi connectivity index (χ1n) is 8.82. The first-order valence-corrected chi connectivity index (χ1v) is 11.6. The van der Waals surface area contributed by atoms with Crippen molar-refractivity contribution in [3.05, 3.63) is 44.7 Å². The van der Waals surface area contributed by atoms with Gasteiger partial charge in [0.15, 0.2) is 11.5 Å². The summed E-state index contributed by atoms with van der Waals surface area (Å²) in [5.41, 5.74) is 1.10. The molecule has 1 aromatic carbocycles. The number of sulfonamides is 1. The largest absolute Gasteiger partial charge is 0.454 e. The van der Waals surface area contributed by atoms with E-state index < -0.39 is 15.9 Å². The van der Waals surface area contributed by atoms with Crippen LogP contribution < -0.4 is 19.5 Å². The van der Waals surface area contributed by atoms with E-state index in [0.717, 1.165) is 16.2 Å². The van der Waals surface area contributed by atoms with Crippen molar-refractivity contribution in [3.63, 3.8) is 0 Å². The molecule has 0 spiro atoms. The number of nitrogens with zero attached hydrogens (tertiary/aromatic N) is 2. The Morgan fingerprint density at radius 3 is 2.68 bits per heavy atom. The van der Waals surface area contributed by atoms with Crippen LogP contribution >= 0.6 is 22.9 Å². The molecule has 1 amide bonds. The molecular formula is C18H16ClN3O7S2. The number of halogens is 1. The highest BCUT2D eigenvalue weighted by Crippen LogP contribution is 2.44. The maximum atomic E-state index is 13.6. The summed E-state index contributed by atoms with van der Waals surface area (Å²) in [4.78, 5) is 14.3. The number of benzene rings is 1. The third-order valence-corrected chi connectivity index (χ3v) is 6.93. The van der Waals surface area contributed by atoms with Crippen LogP contribution in [0.25, 0.3) is 0 Å². The minimum atomic E-state index is -4.17. The smallest absolute Gasteiger partial charge is 0.276 e. The predicted octanol–water partition coefficient (Wildman–Crippen LogP) is 2.59. The molecule has 0 saturated heterocycles. The summed E-state index contributed by atoms with van der Waals surface area (Å²) in [5, 5.41) is 20.1. The third kappa shape index (κ3) is 3.88. The van der Waals surface area contributed by atoms with E-state index in [2.05, 4.69) is 5.16 Å². The molecule has 3 N–H and O–H groups in total. The van der Waals surface area contributed by atoms with Crippen LogP contribution in [0.4, 0.5) is 11.6 Å². The molecule has 3 aromatic rings. The molecule has 13 heteroatoms. The molecule has 0 unspecified atom stereocenters. The second kappa shape index (κ2) is 8.13. The van der Waals surface area contributed by atoms with Gasteiger partial charge >= 0.3 is 0 Å². The van der Waals surface area contributed by atoms with Gasteiger partial charge in [-0.2, -0.15) is 0 Å². The molecule has 0 aliphatic carbocycles. The van der Waals surface area contributed by atoms with Crippen LogP contribution in [-0.4, -0.2) is 38.0 Å². The van der Waals surface area contributed by atoms with Crippen molar-refractivity contribution in [2.24, 2.45) is 5.14 Å². The summed E-state index contributed by atoms with van der Waals surface area (Å²) in [7, 11) is -4.17. The quantitative estimate of drug-likeness (QED) is 0.541. The lowest BCUT2D eigenvalue weighted by Gasteiger charge is -2.23. The van der Waals surface area contributed by atoms with Gasteiger partial charge in [0.05, 0.1) is 5.69 Å². The first-order chi connectivity index (χ1) is 14.7. The summed E-state index contributed by atoms with van der Waals surface area (Å²) in [6.45, 7) is 1.36.